The fraction of sp³-hybridized carbons (Fsp3) is 0.182. The number of carbonyl (C=O) groups excluding carboxylic acids is 2. The summed E-state index contributed by atoms with van der Waals surface area (Å²) < 4.78 is 5.29. The SMILES string of the molecule is CCc1ccccc1N1C(=O)/C(=C/c2ccc(O[C@@H](C)C(=O)O)cc2)C(=O)NC1=S. The first kappa shape index (κ1) is 21.2. The van der Waals surface area contributed by atoms with Crippen LogP contribution in [-0.2, 0) is 20.8 Å². The number of carbonyl (C=O) groups is 3. The second-order valence-electron chi connectivity index (χ2n) is 6.61. The maximum absolute atomic E-state index is 13.1. The molecule has 1 atom stereocenters. The normalized spacial score (nSPS) is 16.4. The van der Waals surface area contributed by atoms with Crippen LogP contribution in [-0.4, -0.2) is 34.1 Å². The molecule has 0 bridgehead atoms. The molecule has 1 fully saturated rings. The lowest BCUT2D eigenvalue weighted by molar-refractivity contribution is -0.144. The van der Waals surface area contributed by atoms with Crippen LogP contribution < -0.4 is 15.0 Å². The van der Waals surface area contributed by atoms with Gasteiger partial charge in [-0.3, -0.25) is 19.8 Å². The summed E-state index contributed by atoms with van der Waals surface area (Å²) in [5, 5.41) is 11.5. The summed E-state index contributed by atoms with van der Waals surface area (Å²) in [5.41, 5.74) is 2.09. The number of amides is 2. The van der Waals surface area contributed by atoms with E-state index in [1.807, 2.05) is 19.1 Å². The number of aliphatic carboxylic acids is 1. The fourth-order valence-electron chi connectivity index (χ4n) is 2.97. The number of ether oxygens (including phenoxy) is 1. The van der Waals surface area contributed by atoms with E-state index < -0.39 is 23.9 Å². The van der Waals surface area contributed by atoms with Gasteiger partial charge >= 0.3 is 5.97 Å². The average Bonchev–Trinajstić information content (AvgIpc) is 2.72. The van der Waals surface area contributed by atoms with Crippen LogP contribution in [0.2, 0.25) is 0 Å². The highest BCUT2D eigenvalue weighted by Gasteiger charge is 2.35. The first-order valence-corrected chi connectivity index (χ1v) is 9.71. The zero-order valence-electron chi connectivity index (χ0n) is 16.4. The Morgan fingerprint density at radius 1 is 1.20 bits per heavy atom. The van der Waals surface area contributed by atoms with Crippen molar-refractivity contribution in [2.75, 3.05) is 4.90 Å². The molecule has 2 aromatic rings. The smallest absolute Gasteiger partial charge is 0.344 e. The van der Waals surface area contributed by atoms with Gasteiger partial charge in [0, 0.05) is 0 Å². The molecule has 3 rings (SSSR count). The third-order valence-electron chi connectivity index (χ3n) is 4.57. The summed E-state index contributed by atoms with van der Waals surface area (Å²) in [6, 6.07) is 13.8. The Hall–Kier alpha value is -3.52. The molecule has 7 nitrogen and oxygen atoms in total. The van der Waals surface area contributed by atoms with Gasteiger partial charge in [0.25, 0.3) is 11.8 Å². The highest BCUT2D eigenvalue weighted by molar-refractivity contribution is 7.80. The summed E-state index contributed by atoms with van der Waals surface area (Å²) in [6.07, 6.45) is 1.17. The van der Waals surface area contributed by atoms with Crippen LogP contribution in [0.5, 0.6) is 5.75 Å². The van der Waals surface area contributed by atoms with Crippen molar-refractivity contribution in [2.45, 2.75) is 26.4 Å². The Balaban J connectivity index is 1.90. The second kappa shape index (κ2) is 8.87. The number of anilines is 1. The summed E-state index contributed by atoms with van der Waals surface area (Å²) >= 11 is 5.25. The average molecular weight is 424 g/mol. The molecule has 2 N–H and O–H groups in total. The number of benzene rings is 2. The molecule has 2 amide bonds. The lowest BCUT2D eigenvalue weighted by atomic mass is 10.0. The molecule has 0 aliphatic carbocycles. The van der Waals surface area contributed by atoms with Gasteiger partial charge in [-0.25, -0.2) is 4.79 Å². The van der Waals surface area contributed by atoms with E-state index in [1.165, 1.54) is 17.9 Å². The molecule has 1 heterocycles. The quantitative estimate of drug-likeness (QED) is 0.421. The van der Waals surface area contributed by atoms with E-state index in [0.717, 1.165) is 5.56 Å². The lowest BCUT2D eigenvalue weighted by Crippen LogP contribution is -2.54. The molecule has 2 aromatic carbocycles. The molecule has 1 saturated heterocycles. The summed E-state index contributed by atoms with van der Waals surface area (Å²) in [6.45, 7) is 3.40. The van der Waals surface area contributed by atoms with E-state index in [2.05, 4.69) is 5.32 Å². The van der Waals surface area contributed by atoms with Gasteiger partial charge < -0.3 is 9.84 Å². The molecular weight excluding hydrogens is 404 g/mol. The van der Waals surface area contributed by atoms with Crippen molar-refractivity contribution in [3.05, 3.63) is 65.2 Å². The van der Waals surface area contributed by atoms with Gasteiger partial charge in [0.1, 0.15) is 11.3 Å². The van der Waals surface area contributed by atoms with Crippen LogP contribution in [0.3, 0.4) is 0 Å². The Morgan fingerprint density at radius 2 is 1.87 bits per heavy atom. The number of hydrogen-bond acceptors (Lipinski definition) is 5. The molecule has 0 spiro atoms. The minimum Gasteiger partial charge on any atom is -0.479 e. The van der Waals surface area contributed by atoms with Crippen LogP contribution in [0.25, 0.3) is 6.08 Å². The van der Waals surface area contributed by atoms with E-state index in [1.54, 1.807) is 36.4 Å². The van der Waals surface area contributed by atoms with Crippen molar-refractivity contribution >= 4 is 46.9 Å². The molecule has 1 aliphatic rings. The number of thiocarbonyl (C=S) groups is 1. The fourth-order valence-corrected chi connectivity index (χ4v) is 3.24. The van der Waals surface area contributed by atoms with E-state index in [0.29, 0.717) is 23.4 Å². The Kier molecular flexibility index (Phi) is 6.27. The maximum atomic E-state index is 13.1. The molecule has 1 aliphatic heterocycles. The minimum atomic E-state index is -1.07. The second-order valence-corrected chi connectivity index (χ2v) is 6.99. The van der Waals surface area contributed by atoms with Gasteiger partial charge in [0.15, 0.2) is 11.2 Å². The number of carboxylic acid groups (broad SMARTS) is 1. The predicted molar refractivity (Wildman–Crippen MR) is 116 cm³/mol. The van der Waals surface area contributed by atoms with Gasteiger partial charge in [-0.05, 0) is 61.0 Å². The van der Waals surface area contributed by atoms with Crippen LogP contribution >= 0.6 is 12.2 Å². The lowest BCUT2D eigenvalue weighted by Gasteiger charge is -2.30. The third kappa shape index (κ3) is 4.38. The van der Waals surface area contributed by atoms with Crippen LogP contribution in [0, 0.1) is 0 Å². The first-order valence-electron chi connectivity index (χ1n) is 9.30. The molecule has 0 saturated carbocycles. The Bertz CT molecular complexity index is 1050. The standard InChI is InChI=1S/C22H20N2O5S/c1-3-15-6-4-5-7-18(15)24-20(26)17(19(25)23-22(24)30)12-14-8-10-16(11-9-14)29-13(2)21(27)28/h4-13H,3H2,1-2H3,(H,27,28)(H,23,25,30)/b17-12+/t13-/m0/s1. The van der Waals surface area contributed by atoms with Crippen LogP contribution in [0.1, 0.15) is 25.0 Å². The largest absolute Gasteiger partial charge is 0.479 e. The molecular formula is C22H20N2O5S. The van der Waals surface area contributed by atoms with Gasteiger partial charge in [0.2, 0.25) is 0 Å². The number of nitrogens with zero attached hydrogens (tertiary/aromatic N) is 1. The highest BCUT2D eigenvalue weighted by Crippen LogP contribution is 2.26. The summed E-state index contributed by atoms with van der Waals surface area (Å²) in [5.74, 6) is -1.79. The zero-order valence-corrected chi connectivity index (χ0v) is 17.2. The topological polar surface area (TPSA) is 95.9 Å². The molecule has 30 heavy (non-hydrogen) atoms. The minimum absolute atomic E-state index is 0.0365. The number of nitrogens with one attached hydrogen (secondary N) is 1. The van der Waals surface area contributed by atoms with Crippen molar-refractivity contribution < 1.29 is 24.2 Å². The third-order valence-corrected chi connectivity index (χ3v) is 4.85. The monoisotopic (exact) mass is 424 g/mol. The Morgan fingerprint density at radius 3 is 2.50 bits per heavy atom. The van der Waals surface area contributed by atoms with Crippen molar-refractivity contribution in [3.63, 3.8) is 0 Å². The highest BCUT2D eigenvalue weighted by atomic mass is 32.1. The summed E-state index contributed by atoms with van der Waals surface area (Å²) in [7, 11) is 0. The molecule has 0 unspecified atom stereocenters. The molecule has 0 radical (unpaired) electrons. The number of para-hydroxylation sites is 1. The maximum Gasteiger partial charge on any atom is 0.344 e. The van der Waals surface area contributed by atoms with Crippen molar-refractivity contribution in [3.8, 4) is 5.75 Å². The van der Waals surface area contributed by atoms with Crippen molar-refractivity contribution in [1.82, 2.24) is 5.32 Å². The first-order chi connectivity index (χ1) is 14.3. The molecule has 0 aromatic heterocycles. The molecule has 8 heteroatoms. The number of carboxylic acids is 1. The number of hydrogen-bond donors (Lipinski definition) is 2. The van der Waals surface area contributed by atoms with Gasteiger partial charge in [0.05, 0.1) is 5.69 Å². The number of rotatable bonds is 6. The van der Waals surface area contributed by atoms with Crippen molar-refractivity contribution in [1.29, 1.82) is 0 Å². The van der Waals surface area contributed by atoms with E-state index >= 15 is 0 Å². The Labute approximate surface area is 179 Å². The number of aryl methyl sites for hydroxylation is 1. The predicted octanol–water partition coefficient (Wildman–Crippen LogP) is 2.93. The van der Waals surface area contributed by atoms with Crippen LogP contribution in [0.4, 0.5) is 5.69 Å². The van der Waals surface area contributed by atoms with Crippen molar-refractivity contribution in [2.24, 2.45) is 0 Å². The van der Waals surface area contributed by atoms with Gasteiger partial charge in [-0.15, -0.1) is 0 Å². The summed E-state index contributed by atoms with van der Waals surface area (Å²) in [4.78, 5) is 37.8. The van der Waals surface area contributed by atoms with E-state index in [9.17, 15) is 14.4 Å². The van der Waals surface area contributed by atoms with Gasteiger partial charge in [-0.1, -0.05) is 37.3 Å². The van der Waals surface area contributed by atoms with Crippen LogP contribution in [0.15, 0.2) is 54.1 Å². The zero-order chi connectivity index (χ0) is 21.8. The van der Waals surface area contributed by atoms with E-state index in [4.69, 9.17) is 22.1 Å². The molecule has 154 valence electrons. The van der Waals surface area contributed by atoms with Gasteiger partial charge in [-0.2, -0.15) is 0 Å². The van der Waals surface area contributed by atoms with E-state index in [-0.39, 0.29) is 10.7 Å².